The molecule has 0 saturated carbocycles. The fourth-order valence-corrected chi connectivity index (χ4v) is 3.13. The van der Waals surface area contributed by atoms with Crippen LogP contribution in [0.1, 0.15) is 20.8 Å². The van der Waals surface area contributed by atoms with E-state index in [1.165, 1.54) is 16.8 Å². The van der Waals surface area contributed by atoms with Crippen molar-refractivity contribution in [2.45, 2.75) is 6.92 Å². The molecule has 0 aliphatic carbocycles. The summed E-state index contributed by atoms with van der Waals surface area (Å²) in [6.07, 6.45) is 1.80. The molecule has 2 N–H and O–H groups in total. The van der Waals surface area contributed by atoms with Crippen LogP contribution in [-0.2, 0) is 0 Å². The van der Waals surface area contributed by atoms with Gasteiger partial charge in [0, 0.05) is 4.88 Å². The number of carboxylic acids is 1. The summed E-state index contributed by atoms with van der Waals surface area (Å²) >= 11 is 1.55. The monoisotopic (exact) mass is 326 g/mol. The van der Waals surface area contributed by atoms with E-state index in [0.717, 1.165) is 10.4 Å². The maximum Gasteiger partial charge on any atom is 0.335 e. The predicted molar refractivity (Wildman–Crippen MR) is 90.7 cm³/mol. The number of carboxylic acid groups (broad SMARTS) is 1. The van der Waals surface area contributed by atoms with Crippen molar-refractivity contribution in [3.8, 4) is 5.69 Å². The van der Waals surface area contributed by atoms with Crippen LogP contribution in [0, 0.1) is 6.92 Å². The largest absolute Gasteiger partial charge is 0.478 e. The van der Waals surface area contributed by atoms with Crippen molar-refractivity contribution in [1.82, 2.24) is 9.78 Å². The molecule has 0 aliphatic rings. The van der Waals surface area contributed by atoms with Crippen LogP contribution in [0.15, 0.2) is 40.5 Å². The molecule has 0 atom stereocenters. The van der Waals surface area contributed by atoms with Gasteiger partial charge in [-0.25, -0.2) is 9.48 Å². The number of carbonyl (C=O) groups is 1. The number of benzene rings is 1. The second-order valence-electron chi connectivity index (χ2n) is 5.11. The molecule has 0 bridgehead atoms. The van der Waals surface area contributed by atoms with Crippen molar-refractivity contribution >= 4 is 30.0 Å². The molecule has 2 aromatic heterocycles. The molecular weight excluding hydrogens is 312 g/mol. The van der Waals surface area contributed by atoms with Gasteiger partial charge in [-0.3, -0.25) is 9.89 Å². The topological polar surface area (TPSA) is 75.1 Å². The zero-order chi connectivity index (χ0) is 16.6. The number of aromatic amines is 1. The van der Waals surface area contributed by atoms with E-state index in [4.69, 9.17) is 5.11 Å². The quantitative estimate of drug-likeness (QED) is 0.765. The lowest BCUT2D eigenvalue weighted by molar-refractivity contribution is 0.0697. The van der Waals surface area contributed by atoms with Crippen molar-refractivity contribution < 1.29 is 9.90 Å². The number of aryl methyl sites for hydroxylation is 1. The maximum absolute atomic E-state index is 12.6. The molecule has 2 heterocycles. The molecule has 1 aromatic carbocycles. The summed E-state index contributed by atoms with van der Waals surface area (Å²) in [5.41, 5.74) is 1.41. The normalized spacial score (nSPS) is 11.8. The lowest BCUT2D eigenvalue weighted by Gasteiger charge is -2.02. The Balaban J connectivity index is 2.20. The van der Waals surface area contributed by atoms with Gasteiger partial charge in [0.15, 0.2) is 0 Å². The molecule has 3 aromatic rings. The number of nitrogens with zero attached hydrogens (tertiary/aromatic N) is 1. The van der Waals surface area contributed by atoms with Gasteiger partial charge >= 0.3 is 5.97 Å². The fourth-order valence-electron chi connectivity index (χ4n) is 2.27. The third-order valence-electron chi connectivity index (χ3n) is 3.53. The first-order valence-corrected chi connectivity index (χ1v) is 7.75. The number of thiophene rings is 1. The minimum atomic E-state index is -1.04. The molecule has 6 heteroatoms. The summed E-state index contributed by atoms with van der Waals surface area (Å²) in [5.74, 6) is -1.04. The number of hydrogen-bond donors (Lipinski definition) is 2. The summed E-state index contributed by atoms with van der Waals surface area (Å²) in [5, 5.41) is 14.9. The van der Waals surface area contributed by atoms with Gasteiger partial charge < -0.3 is 5.11 Å². The minimum Gasteiger partial charge on any atom is -0.478 e. The van der Waals surface area contributed by atoms with Crippen molar-refractivity contribution in [3.05, 3.63) is 72.6 Å². The van der Waals surface area contributed by atoms with Gasteiger partial charge in [-0.05, 0) is 48.2 Å². The van der Waals surface area contributed by atoms with Gasteiger partial charge in [0.05, 0.1) is 21.8 Å². The van der Waals surface area contributed by atoms with Crippen LogP contribution in [0.3, 0.4) is 0 Å². The molecule has 0 spiro atoms. The summed E-state index contributed by atoms with van der Waals surface area (Å²) in [7, 11) is 0. The van der Waals surface area contributed by atoms with Gasteiger partial charge in [0.2, 0.25) is 0 Å². The lowest BCUT2D eigenvalue weighted by Crippen LogP contribution is -2.33. The number of aromatic nitrogens is 2. The molecule has 0 unspecified atom stereocenters. The molecule has 0 amide bonds. The highest BCUT2D eigenvalue weighted by molar-refractivity contribution is 7.11. The predicted octanol–water partition coefficient (Wildman–Crippen LogP) is 1.47. The second kappa shape index (κ2) is 5.73. The Hall–Kier alpha value is -2.86. The van der Waals surface area contributed by atoms with E-state index in [-0.39, 0.29) is 11.1 Å². The first-order valence-electron chi connectivity index (χ1n) is 6.87. The number of aromatic carboxylic acids is 1. The molecule has 0 aliphatic heterocycles. The molecule has 116 valence electrons. The third-order valence-corrected chi connectivity index (χ3v) is 4.50. The number of nitrogens with one attached hydrogen (secondary N) is 1. The van der Waals surface area contributed by atoms with E-state index in [0.29, 0.717) is 16.3 Å². The average molecular weight is 326 g/mol. The van der Waals surface area contributed by atoms with E-state index in [2.05, 4.69) is 11.7 Å². The Labute approximate surface area is 135 Å². The molecule has 0 saturated heterocycles. The number of H-pyrrole nitrogens is 1. The van der Waals surface area contributed by atoms with Crippen LogP contribution in [0.2, 0.25) is 0 Å². The lowest BCUT2D eigenvalue weighted by atomic mass is 10.2. The van der Waals surface area contributed by atoms with Crippen LogP contribution in [0.4, 0.5) is 0 Å². The van der Waals surface area contributed by atoms with Crippen molar-refractivity contribution in [3.63, 3.8) is 0 Å². The van der Waals surface area contributed by atoms with Crippen LogP contribution >= 0.6 is 11.3 Å². The summed E-state index contributed by atoms with van der Waals surface area (Å²) in [4.78, 5) is 24.7. The van der Waals surface area contributed by atoms with Crippen molar-refractivity contribution in [2.75, 3.05) is 0 Å². The van der Waals surface area contributed by atoms with Crippen molar-refractivity contribution in [2.24, 2.45) is 0 Å². The van der Waals surface area contributed by atoms with E-state index >= 15 is 0 Å². The first-order chi connectivity index (χ1) is 11.0. The highest BCUT2D eigenvalue weighted by Crippen LogP contribution is 2.15. The Morgan fingerprint density at radius 3 is 2.83 bits per heavy atom. The van der Waals surface area contributed by atoms with E-state index in [1.54, 1.807) is 29.5 Å². The summed E-state index contributed by atoms with van der Waals surface area (Å²) < 4.78 is 1.31. The van der Waals surface area contributed by atoms with Crippen LogP contribution in [0.5, 0.6) is 0 Å². The van der Waals surface area contributed by atoms with Crippen molar-refractivity contribution in [1.29, 1.82) is 0 Å². The molecule has 5 nitrogen and oxygen atoms in total. The molecule has 23 heavy (non-hydrogen) atoms. The second-order valence-corrected chi connectivity index (χ2v) is 6.06. The van der Waals surface area contributed by atoms with Crippen LogP contribution < -0.4 is 16.1 Å². The van der Waals surface area contributed by atoms with Crippen LogP contribution in [0.25, 0.3) is 18.3 Å². The first kappa shape index (κ1) is 15.1. The Bertz CT molecular complexity index is 1060. The maximum atomic E-state index is 12.6. The zero-order valence-electron chi connectivity index (χ0n) is 12.4. The zero-order valence-corrected chi connectivity index (χ0v) is 13.2. The molecular formula is C17H14N2O3S. The smallest absolute Gasteiger partial charge is 0.335 e. The summed E-state index contributed by atoms with van der Waals surface area (Å²) in [6.45, 7) is 5.85. The third kappa shape index (κ3) is 2.76. The molecule has 3 rings (SSSR count). The number of hydrogen-bond acceptors (Lipinski definition) is 3. The van der Waals surface area contributed by atoms with Gasteiger partial charge in [0.1, 0.15) is 0 Å². The molecule has 0 radical (unpaired) electrons. The molecule has 0 fully saturated rings. The fraction of sp³-hybridized carbons (Fsp3) is 0.0588. The standard InChI is InChI=1S/C17H14N2O3S/c1-10-6-7-23-15(10)9-14-11(2)18-19(16(14)20)13-5-3-4-12(8-13)17(21)22/h3-9,18H,2H2,1H3,(H,21,22). The highest BCUT2D eigenvalue weighted by Gasteiger charge is 2.08. The minimum absolute atomic E-state index is 0.120. The summed E-state index contributed by atoms with van der Waals surface area (Å²) in [6, 6.07) is 8.18. The Morgan fingerprint density at radius 2 is 2.17 bits per heavy atom. The Kier molecular flexibility index (Phi) is 3.75. The van der Waals surface area contributed by atoms with E-state index in [1.807, 2.05) is 18.4 Å². The van der Waals surface area contributed by atoms with Gasteiger partial charge in [-0.2, -0.15) is 0 Å². The highest BCUT2D eigenvalue weighted by atomic mass is 32.1. The van der Waals surface area contributed by atoms with Gasteiger partial charge in [-0.1, -0.05) is 12.6 Å². The van der Waals surface area contributed by atoms with E-state index in [9.17, 15) is 9.59 Å². The SMILES string of the molecule is C=c1[nH]n(-c2cccc(C(=O)O)c2)c(=O)c1=Cc1sccc1C. The van der Waals surface area contributed by atoms with E-state index < -0.39 is 5.97 Å². The average Bonchev–Trinajstić information content (AvgIpc) is 3.06. The van der Waals surface area contributed by atoms with Gasteiger partial charge in [-0.15, -0.1) is 11.3 Å². The van der Waals surface area contributed by atoms with Crippen LogP contribution in [-0.4, -0.2) is 20.9 Å². The Morgan fingerprint density at radius 1 is 1.39 bits per heavy atom. The number of rotatable bonds is 3. The van der Waals surface area contributed by atoms with Gasteiger partial charge in [0.25, 0.3) is 5.56 Å².